The number of hydrogen-bond acceptors (Lipinski definition) is 4. The molecule has 138 valence electrons. The third-order valence-corrected chi connectivity index (χ3v) is 3.51. The number of anilines is 2. The minimum absolute atomic E-state index is 0.109. The molecule has 0 bridgehead atoms. The van der Waals surface area contributed by atoms with E-state index in [9.17, 15) is 9.59 Å². The van der Waals surface area contributed by atoms with Crippen molar-refractivity contribution in [3.63, 3.8) is 0 Å². The number of ether oxygens (including phenoxy) is 1. The molecule has 0 heterocycles. The fraction of sp³-hybridized carbons (Fsp3) is 0.300. The van der Waals surface area contributed by atoms with Crippen LogP contribution in [0.25, 0.3) is 0 Å². The molecule has 2 aromatic rings. The molecule has 26 heavy (non-hydrogen) atoms. The summed E-state index contributed by atoms with van der Waals surface area (Å²) in [5, 5.41) is 8.40. The van der Waals surface area contributed by atoms with Gasteiger partial charge in [0.25, 0.3) is 5.91 Å². The maximum atomic E-state index is 12.1. The molecule has 0 aliphatic rings. The van der Waals surface area contributed by atoms with E-state index < -0.39 is 0 Å². The zero-order chi connectivity index (χ0) is 18.9. The first-order chi connectivity index (χ1) is 12.5. The maximum absolute atomic E-state index is 12.1. The standard InChI is InChI=1S/C20H25N3O3/c1-14(2)13-26-18-9-5-7-16(11-18)22-12-19(24)23-17-8-4-6-15(10-17)20(25)21-3/h4-11,14,22H,12-13H2,1-3H3,(H,21,25)(H,23,24). The largest absolute Gasteiger partial charge is 0.493 e. The second kappa shape index (κ2) is 9.46. The Labute approximate surface area is 153 Å². The van der Waals surface area contributed by atoms with Crippen LogP contribution in [0.5, 0.6) is 5.75 Å². The van der Waals surface area contributed by atoms with Gasteiger partial charge in [-0.3, -0.25) is 9.59 Å². The minimum Gasteiger partial charge on any atom is -0.493 e. The molecule has 0 aliphatic heterocycles. The van der Waals surface area contributed by atoms with Gasteiger partial charge in [-0.25, -0.2) is 0 Å². The van der Waals surface area contributed by atoms with E-state index in [0.717, 1.165) is 11.4 Å². The van der Waals surface area contributed by atoms with E-state index in [2.05, 4.69) is 29.8 Å². The molecule has 2 amide bonds. The Bertz CT molecular complexity index is 759. The van der Waals surface area contributed by atoms with Crippen molar-refractivity contribution in [2.24, 2.45) is 5.92 Å². The third-order valence-electron chi connectivity index (χ3n) is 3.51. The number of carbonyl (C=O) groups excluding carboxylic acids is 2. The van der Waals surface area contributed by atoms with Crippen molar-refractivity contribution in [2.75, 3.05) is 30.8 Å². The van der Waals surface area contributed by atoms with Crippen molar-refractivity contribution in [3.8, 4) is 5.75 Å². The summed E-state index contributed by atoms with van der Waals surface area (Å²) in [7, 11) is 1.57. The lowest BCUT2D eigenvalue weighted by molar-refractivity contribution is -0.114. The summed E-state index contributed by atoms with van der Waals surface area (Å²) in [5.74, 6) is 0.815. The number of rotatable bonds is 8. The molecule has 0 unspecified atom stereocenters. The number of carbonyl (C=O) groups is 2. The molecule has 2 rings (SSSR count). The van der Waals surface area contributed by atoms with Crippen LogP contribution in [0.1, 0.15) is 24.2 Å². The smallest absolute Gasteiger partial charge is 0.251 e. The average Bonchev–Trinajstić information content (AvgIpc) is 2.64. The summed E-state index contributed by atoms with van der Waals surface area (Å²) < 4.78 is 5.68. The van der Waals surface area contributed by atoms with Crippen LogP contribution in [0, 0.1) is 5.92 Å². The van der Waals surface area contributed by atoms with E-state index in [1.54, 1.807) is 31.3 Å². The van der Waals surface area contributed by atoms with E-state index in [4.69, 9.17) is 4.74 Å². The topological polar surface area (TPSA) is 79.5 Å². The van der Waals surface area contributed by atoms with Gasteiger partial charge in [-0.1, -0.05) is 26.0 Å². The van der Waals surface area contributed by atoms with Gasteiger partial charge in [-0.15, -0.1) is 0 Å². The Kier molecular flexibility index (Phi) is 7.02. The molecule has 0 aliphatic carbocycles. The van der Waals surface area contributed by atoms with Gasteiger partial charge in [-0.2, -0.15) is 0 Å². The Balaban J connectivity index is 1.89. The molecule has 0 atom stereocenters. The fourth-order valence-electron chi connectivity index (χ4n) is 2.23. The first kappa shape index (κ1) is 19.3. The van der Waals surface area contributed by atoms with Gasteiger partial charge in [0.15, 0.2) is 0 Å². The predicted octanol–water partition coefficient (Wildman–Crippen LogP) is 3.13. The van der Waals surface area contributed by atoms with Crippen molar-refractivity contribution >= 4 is 23.2 Å². The fourth-order valence-corrected chi connectivity index (χ4v) is 2.23. The third kappa shape index (κ3) is 6.12. The lowest BCUT2D eigenvalue weighted by Gasteiger charge is -2.11. The summed E-state index contributed by atoms with van der Waals surface area (Å²) in [5.41, 5.74) is 1.88. The van der Waals surface area contributed by atoms with Crippen LogP contribution in [0.4, 0.5) is 11.4 Å². The van der Waals surface area contributed by atoms with E-state index in [1.165, 1.54) is 0 Å². The molecule has 6 nitrogen and oxygen atoms in total. The maximum Gasteiger partial charge on any atom is 0.251 e. The Morgan fingerprint density at radius 2 is 1.77 bits per heavy atom. The van der Waals surface area contributed by atoms with Gasteiger partial charge in [0.1, 0.15) is 5.75 Å². The number of amides is 2. The van der Waals surface area contributed by atoms with Crippen molar-refractivity contribution in [1.29, 1.82) is 0 Å². The Hall–Kier alpha value is -3.02. The van der Waals surface area contributed by atoms with Crippen molar-refractivity contribution < 1.29 is 14.3 Å². The predicted molar refractivity (Wildman–Crippen MR) is 104 cm³/mol. The number of nitrogens with one attached hydrogen (secondary N) is 3. The summed E-state index contributed by atoms with van der Waals surface area (Å²) in [6.45, 7) is 4.93. The first-order valence-electron chi connectivity index (χ1n) is 8.56. The molecule has 0 aromatic heterocycles. The van der Waals surface area contributed by atoms with E-state index in [0.29, 0.717) is 23.8 Å². The van der Waals surface area contributed by atoms with Gasteiger partial charge >= 0.3 is 0 Å². The molecule has 0 saturated carbocycles. The zero-order valence-corrected chi connectivity index (χ0v) is 15.3. The highest BCUT2D eigenvalue weighted by atomic mass is 16.5. The summed E-state index contributed by atoms with van der Waals surface area (Å²) in [4.78, 5) is 23.8. The molecular formula is C20H25N3O3. The van der Waals surface area contributed by atoms with E-state index >= 15 is 0 Å². The lowest BCUT2D eigenvalue weighted by atomic mass is 10.2. The lowest BCUT2D eigenvalue weighted by Crippen LogP contribution is -2.22. The van der Waals surface area contributed by atoms with Crippen molar-refractivity contribution in [2.45, 2.75) is 13.8 Å². The quantitative estimate of drug-likeness (QED) is 0.680. The average molecular weight is 355 g/mol. The number of benzene rings is 2. The molecule has 0 saturated heterocycles. The molecule has 2 aromatic carbocycles. The van der Waals surface area contributed by atoms with Crippen LogP contribution >= 0.6 is 0 Å². The zero-order valence-electron chi connectivity index (χ0n) is 15.3. The molecule has 0 fully saturated rings. The van der Waals surface area contributed by atoms with Crippen LogP contribution in [0.2, 0.25) is 0 Å². The van der Waals surface area contributed by atoms with Crippen LogP contribution in [-0.2, 0) is 4.79 Å². The molecule has 0 spiro atoms. The van der Waals surface area contributed by atoms with E-state index in [-0.39, 0.29) is 18.4 Å². The van der Waals surface area contributed by atoms with Crippen LogP contribution in [-0.4, -0.2) is 32.0 Å². The van der Waals surface area contributed by atoms with Gasteiger partial charge < -0.3 is 20.7 Å². The van der Waals surface area contributed by atoms with Gasteiger partial charge in [0, 0.05) is 30.1 Å². The van der Waals surface area contributed by atoms with Gasteiger partial charge in [-0.05, 0) is 36.2 Å². The first-order valence-corrected chi connectivity index (χ1v) is 8.56. The highest BCUT2D eigenvalue weighted by Crippen LogP contribution is 2.18. The van der Waals surface area contributed by atoms with Gasteiger partial charge in [0.2, 0.25) is 5.91 Å². The van der Waals surface area contributed by atoms with Crippen molar-refractivity contribution in [1.82, 2.24) is 5.32 Å². The van der Waals surface area contributed by atoms with Crippen LogP contribution in [0.15, 0.2) is 48.5 Å². The molecule has 6 heteroatoms. The SMILES string of the molecule is CNC(=O)c1cccc(NC(=O)CNc2cccc(OCC(C)C)c2)c1. The summed E-state index contributed by atoms with van der Waals surface area (Å²) in [6, 6.07) is 14.3. The number of hydrogen-bond donors (Lipinski definition) is 3. The Morgan fingerprint density at radius 3 is 2.50 bits per heavy atom. The van der Waals surface area contributed by atoms with Crippen LogP contribution < -0.4 is 20.7 Å². The van der Waals surface area contributed by atoms with E-state index in [1.807, 2.05) is 24.3 Å². The highest BCUT2D eigenvalue weighted by Gasteiger charge is 2.07. The minimum atomic E-state index is -0.201. The Morgan fingerprint density at radius 1 is 1.04 bits per heavy atom. The monoisotopic (exact) mass is 355 g/mol. The summed E-state index contributed by atoms with van der Waals surface area (Å²) >= 11 is 0. The van der Waals surface area contributed by atoms with Crippen molar-refractivity contribution in [3.05, 3.63) is 54.1 Å². The second-order valence-electron chi connectivity index (χ2n) is 6.29. The highest BCUT2D eigenvalue weighted by molar-refractivity contribution is 5.98. The normalized spacial score (nSPS) is 10.3. The molecule has 3 N–H and O–H groups in total. The molecular weight excluding hydrogens is 330 g/mol. The summed E-state index contributed by atoms with van der Waals surface area (Å²) in [6.07, 6.45) is 0. The second-order valence-corrected chi connectivity index (χ2v) is 6.29. The molecule has 0 radical (unpaired) electrons. The van der Waals surface area contributed by atoms with Gasteiger partial charge in [0.05, 0.1) is 13.2 Å². The van der Waals surface area contributed by atoms with Crippen LogP contribution in [0.3, 0.4) is 0 Å².